The molecule has 1 aliphatic carbocycles. The summed E-state index contributed by atoms with van der Waals surface area (Å²) in [5.74, 6) is 0.645. The molecule has 1 heterocycles. The van der Waals surface area contributed by atoms with E-state index in [0.717, 1.165) is 19.4 Å². The van der Waals surface area contributed by atoms with Crippen LogP contribution in [-0.4, -0.2) is 28.3 Å². The number of Topliss-reactive ketones (excluding diaryl/α,β-unsaturated/α-hetero) is 1. The fraction of sp³-hybridized carbons (Fsp3) is 0.667. The molecule has 0 aliphatic heterocycles. The van der Waals surface area contributed by atoms with Crippen molar-refractivity contribution in [2.75, 3.05) is 6.61 Å². The van der Waals surface area contributed by atoms with Crippen molar-refractivity contribution in [1.29, 1.82) is 0 Å². The Morgan fingerprint density at radius 3 is 2.94 bits per heavy atom. The molecule has 1 fully saturated rings. The number of carbonyl (C=O) groups excluding carboxylic acids is 1. The molecule has 1 saturated carbocycles. The van der Waals surface area contributed by atoms with Gasteiger partial charge in [-0.2, -0.15) is 5.10 Å². The summed E-state index contributed by atoms with van der Waals surface area (Å²) in [5.41, 5.74) is 0.586. The van der Waals surface area contributed by atoms with Crippen molar-refractivity contribution >= 4 is 5.78 Å². The van der Waals surface area contributed by atoms with E-state index in [1.54, 1.807) is 16.9 Å². The summed E-state index contributed by atoms with van der Waals surface area (Å²) in [4.78, 5) is 11.8. The van der Waals surface area contributed by atoms with Gasteiger partial charge in [-0.15, -0.1) is 0 Å². The number of aryl methyl sites for hydroxylation is 1. The van der Waals surface area contributed by atoms with Crippen LogP contribution in [0.25, 0.3) is 0 Å². The lowest BCUT2D eigenvalue weighted by atomic mass is 9.79. The topological polar surface area (TPSA) is 44.1 Å². The molecule has 0 atom stereocenters. The summed E-state index contributed by atoms with van der Waals surface area (Å²) in [7, 11) is 1.82. The van der Waals surface area contributed by atoms with Crippen molar-refractivity contribution < 1.29 is 9.53 Å². The zero-order valence-electron chi connectivity index (χ0n) is 9.85. The summed E-state index contributed by atoms with van der Waals surface area (Å²) in [5, 5.41) is 4.11. The first-order valence-electron chi connectivity index (χ1n) is 5.83. The van der Waals surface area contributed by atoms with Gasteiger partial charge in [-0.25, -0.2) is 0 Å². The first-order valence-corrected chi connectivity index (χ1v) is 5.83. The van der Waals surface area contributed by atoms with Crippen molar-refractivity contribution in [3.63, 3.8) is 0 Å². The number of ether oxygens (including phenoxy) is 1. The van der Waals surface area contributed by atoms with Crippen LogP contribution >= 0.6 is 0 Å². The molecule has 0 aromatic carbocycles. The van der Waals surface area contributed by atoms with E-state index in [1.807, 2.05) is 14.0 Å². The minimum absolute atomic E-state index is 0.153. The number of rotatable bonds is 5. The third-order valence-electron chi connectivity index (χ3n) is 3.07. The summed E-state index contributed by atoms with van der Waals surface area (Å²) in [6, 6.07) is 1.78. The highest BCUT2D eigenvalue weighted by Gasteiger charge is 2.31. The van der Waals surface area contributed by atoms with E-state index < -0.39 is 0 Å². The van der Waals surface area contributed by atoms with Crippen LogP contribution in [0.4, 0.5) is 0 Å². The van der Waals surface area contributed by atoms with Gasteiger partial charge in [0, 0.05) is 26.3 Å². The van der Waals surface area contributed by atoms with Crippen LogP contribution in [0.15, 0.2) is 12.3 Å². The maximum Gasteiger partial charge on any atom is 0.183 e. The van der Waals surface area contributed by atoms with Crippen molar-refractivity contribution in [3.8, 4) is 0 Å². The van der Waals surface area contributed by atoms with Crippen LogP contribution in [0.3, 0.4) is 0 Å². The molecule has 1 aromatic rings. The van der Waals surface area contributed by atoms with Crippen LogP contribution in [-0.2, 0) is 11.8 Å². The molecule has 0 radical (unpaired) electrons. The lowest BCUT2D eigenvalue weighted by molar-refractivity contribution is -0.0246. The van der Waals surface area contributed by atoms with Crippen molar-refractivity contribution in [1.82, 2.24) is 9.78 Å². The van der Waals surface area contributed by atoms with Gasteiger partial charge in [0.1, 0.15) is 5.69 Å². The van der Waals surface area contributed by atoms with Gasteiger partial charge in [0.15, 0.2) is 5.78 Å². The number of carbonyl (C=O) groups is 1. The highest BCUT2D eigenvalue weighted by molar-refractivity contribution is 5.94. The van der Waals surface area contributed by atoms with Crippen molar-refractivity contribution in [2.24, 2.45) is 13.0 Å². The van der Waals surface area contributed by atoms with E-state index in [9.17, 15) is 4.79 Å². The molecule has 0 unspecified atom stereocenters. The first-order chi connectivity index (χ1) is 7.69. The van der Waals surface area contributed by atoms with Crippen LogP contribution in [0.5, 0.6) is 0 Å². The summed E-state index contributed by atoms with van der Waals surface area (Å²) >= 11 is 0. The zero-order valence-corrected chi connectivity index (χ0v) is 9.85. The second kappa shape index (κ2) is 4.78. The number of nitrogens with zero attached hydrogens (tertiary/aromatic N) is 2. The van der Waals surface area contributed by atoms with Gasteiger partial charge in [0.25, 0.3) is 0 Å². The predicted octanol–water partition coefficient (Wildman–Crippen LogP) is 1.81. The lowest BCUT2D eigenvalue weighted by Gasteiger charge is -2.34. The Morgan fingerprint density at radius 2 is 2.38 bits per heavy atom. The summed E-state index contributed by atoms with van der Waals surface area (Å²) < 4.78 is 7.13. The Morgan fingerprint density at radius 1 is 1.62 bits per heavy atom. The van der Waals surface area contributed by atoms with Gasteiger partial charge in [-0.3, -0.25) is 9.48 Å². The quantitative estimate of drug-likeness (QED) is 0.714. The molecule has 0 spiro atoms. The molecule has 1 aliphatic rings. The number of aromatic nitrogens is 2. The summed E-state index contributed by atoms with van der Waals surface area (Å²) in [6.07, 6.45) is 4.84. The van der Waals surface area contributed by atoms with E-state index in [-0.39, 0.29) is 5.78 Å². The largest absolute Gasteiger partial charge is 0.378 e. The zero-order chi connectivity index (χ0) is 11.5. The Balaban J connectivity index is 1.77. The van der Waals surface area contributed by atoms with Crippen molar-refractivity contribution in [2.45, 2.75) is 32.3 Å². The van der Waals surface area contributed by atoms with Crippen LogP contribution in [0.1, 0.15) is 36.7 Å². The Labute approximate surface area is 95.6 Å². The average molecular weight is 222 g/mol. The Bertz CT molecular complexity index is 367. The minimum atomic E-state index is 0.153. The highest BCUT2D eigenvalue weighted by atomic mass is 16.5. The fourth-order valence-corrected chi connectivity index (χ4v) is 2.14. The van der Waals surface area contributed by atoms with Gasteiger partial charge in [0.2, 0.25) is 0 Å². The molecule has 0 bridgehead atoms. The Hall–Kier alpha value is -1.16. The van der Waals surface area contributed by atoms with E-state index in [2.05, 4.69) is 5.10 Å². The molecule has 1 aromatic heterocycles. The second-order valence-corrected chi connectivity index (χ2v) is 4.42. The van der Waals surface area contributed by atoms with Gasteiger partial charge in [0.05, 0.1) is 6.10 Å². The molecule has 2 rings (SSSR count). The Kier molecular flexibility index (Phi) is 3.39. The molecule has 4 nitrogen and oxygen atoms in total. The molecule has 16 heavy (non-hydrogen) atoms. The van der Waals surface area contributed by atoms with Crippen LogP contribution < -0.4 is 0 Å². The van der Waals surface area contributed by atoms with Gasteiger partial charge in [-0.05, 0) is 31.7 Å². The fourth-order valence-electron chi connectivity index (χ4n) is 2.14. The van der Waals surface area contributed by atoms with E-state index in [0.29, 0.717) is 24.1 Å². The van der Waals surface area contributed by atoms with E-state index >= 15 is 0 Å². The maximum absolute atomic E-state index is 11.8. The maximum atomic E-state index is 11.8. The third kappa shape index (κ3) is 2.50. The molecular formula is C12H18N2O2. The normalized spacial score (nSPS) is 24.1. The minimum Gasteiger partial charge on any atom is -0.378 e. The van der Waals surface area contributed by atoms with E-state index in [1.165, 1.54) is 0 Å². The van der Waals surface area contributed by atoms with Crippen LogP contribution in [0, 0.1) is 5.92 Å². The predicted molar refractivity (Wildman–Crippen MR) is 60.3 cm³/mol. The monoisotopic (exact) mass is 222 g/mol. The standard InChI is InChI=1S/C12H18N2O2/c1-3-16-10-6-9(7-10)8-12(15)11-4-5-14(2)13-11/h4-5,9-10H,3,6-8H2,1-2H3. The van der Waals surface area contributed by atoms with Gasteiger partial charge < -0.3 is 4.74 Å². The molecule has 0 amide bonds. The number of ketones is 1. The van der Waals surface area contributed by atoms with Crippen LogP contribution in [0.2, 0.25) is 0 Å². The van der Waals surface area contributed by atoms with Gasteiger partial charge in [-0.1, -0.05) is 0 Å². The average Bonchev–Trinajstić information content (AvgIpc) is 2.61. The molecular weight excluding hydrogens is 204 g/mol. The molecule has 0 N–H and O–H groups in total. The second-order valence-electron chi connectivity index (χ2n) is 4.42. The first kappa shape index (κ1) is 11.3. The third-order valence-corrected chi connectivity index (χ3v) is 3.07. The van der Waals surface area contributed by atoms with Gasteiger partial charge >= 0.3 is 0 Å². The highest BCUT2D eigenvalue weighted by Crippen LogP contribution is 2.33. The molecule has 4 heteroatoms. The number of hydrogen-bond donors (Lipinski definition) is 0. The lowest BCUT2D eigenvalue weighted by Crippen LogP contribution is -2.32. The smallest absolute Gasteiger partial charge is 0.183 e. The SMILES string of the molecule is CCOC1CC(CC(=O)c2ccn(C)n2)C1. The summed E-state index contributed by atoms with van der Waals surface area (Å²) in [6.45, 7) is 2.78. The van der Waals surface area contributed by atoms with E-state index in [4.69, 9.17) is 4.74 Å². The van der Waals surface area contributed by atoms with Crippen molar-refractivity contribution in [3.05, 3.63) is 18.0 Å². The molecule has 0 saturated heterocycles. The molecule has 88 valence electrons. The number of hydrogen-bond acceptors (Lipinski definition) is 3.